The highest BCUT2D eigenvalue weighted by Gasteiger charge is 2.28. The molecular formula is C16H25ClN2. The average Bonchev–Trinajstić information content (AvgIpc) is 2.86. The van der Waals surface area contributed by atoms with E-state index in [4.69, 9.17) is 11.6 Å². The van der Waals surface area contributed by atoms with Crippen LogP contribution in [0.4, 0.5) is 5.69 Å². The van der Waals surface area contributed by atoms with Crippen molar-refractivity contribution in [3.8, 4) is 0 Å². The van der Waals surface area contributed by atoms with Crippen molar-refractivity contribution in [1.29, 1.82) is 0 Å². The van der Waals surface area contributed by atoms with E-state index in [2.05, 4.69) is 43.1 Å². The minimum atomic E-state index is 0.652. The molecule has 1 aromatic rings. The van der Waals surface area contributed by atoms with Crippen LogP contribution in [0, 0.1) is 5.92 Å². The lowest BCUT2D eigenvalue weighted by atomic mass is 10.0. The molecule has 0 spiro atoms. The zero-order chi connectivity index (χ0) is 13.8. The molecule has 0 bridgehead atoms. The van der Waals surface area contributed by atoms with Gasteiger partial charge in [0.15, 0.2) is 0 Å². The molecule has 2 rings (SSSR count). The molecule has 0 aliphatic carbocycles. The zero-order valence-electron chi connectivity index (χ0n) is 12.2. The quantitative estimate of drug-likeness (QED) is 0.874. The van der Waals surface area contributed by atoms with Gasteiger partial charge in [-0.2, -0.15) is 0 Å². The molecule has 1 heterocycles. The SMILES string of the molecule is CCNCc1c(Cl)cccc1N1CCCC1C(C)C. The predicted octanol–water partition coefficient (Wildman–Crippen LogP) is 4.07. The molecule has 1 saturated heterocycles. The molecule has 0 saturated carbocycles. The van der Waals surface area contributed by atoms with Gasteiger partial charge >= 0.3 is 0 Å². The van der Waals surface area contributed by atoms with Gasteiger partial charge in [-0.3, -0.25) is 0 Å². The van der Waals surface area contributed by atoms with Gasteiger partial charge in [0.2, 0.25) is 0 Å². The summed E-state index contributed by atoms with van der Waals surface area (Å²) in [4.78, 5) is 2.56. The lowest BCUT2D eigenvalue weighted by Crippen LogP contribution is -2.34. The van der Waals surface area contributed by atoms with Gasteiger partial charge in [-0.05, 0) is 37.4 Å². The molecule has 0 aromatic heterocycles. The molecule has 1 atom stereocenters. The number of benzene rings is 1. The van der Waals surface area contributed by atoms with Gasteiger partial charge in [0.05, 0.1) is 0 Å². The predicted molar refractivity (Wildman–Crippen MR) is 84.0 cm³/mol. The highest BCUT2D eigenvalue weighted by Crippen LogP contribution is 2.34. The first kappa shape index (κ1) is 14.7. The fraction of sp³-hybridized carbons (Fsp3) is 0.625. The summed E-state index contributed by atoms with van der Waals surface area (Å²) in [6.07, 6.45) is 2.58. The summed E-state index contributed by atoms with van der Waals surface area (Å²) in [6, 6.07) is 6.94. The highest BCUT2D eigenvalue weighted by molar-refractivity contribution is 6.31. The fourth-order valence-electron chi connectivity index (χ4n) is 3.03. The zero-order valence-corrected chi connectivity index (χ0v) is 13.0. The van der Waals surface area contributed by atoms with Crippen molar-refractivity contribution in [1.82, 2.24) is 5.32 Å². The normalized spacial score (nSPS) is 19.4. The lowest BCUT2D eigenvalue weighted by Gasteiger charge is -2.32. The molecule has 1 unspecified atom stereocenters. The molecule has 1 N–H and O–H groups in total. The number of hydrogen-bond acceptors (Lipinski definition) is 2. The number of anilines is 1. The summed E-state index contributed by atoms with van der Waals surface area (Å²) in [7, 11) is 0. The van der Waals surface area contributed by atoms with E-state index < -0.39 is 0 Å². The summed E-state index contributed by atoms with van der Waals surface area (Å²) < 4.78 is 0. The Morgan fingerprint density at radius 3 is 2.89 bits per heavy atom. The third kappa shape index (κ3) is 3.24. The summed E-state index contributed by atoms with van der Waals surface area (Å²) in [6.45, 7) is 9.74. The summed E-state index contributed by atoms with van der Waals surface area (Å²) in [5, 5.41) is 4.28. The molecule has 3 heteroatoms. The van der Waals surface area contributed by atoms with Crippen molar-refractivity contribution in [3.05, 3.63) is 28.8 Å². The first-order valence-corrected chi connectivity index (χ1v) is 7.77. The molecule has 1 aromatic carbocycles. The molecule has 2 nitrogen and oxygen atoms in total. The Bertz CT molecular complexity index is 417. The van der Waals surface area contributed by atoms with E-state index >= 15 is 0 Å². The minimum Gasteiger partial charge on any atom is -0.368 e. The molecule has 0 amide bonds. The van der Waals surface area contributed by atoms with Gasteiger partial charge in [-0.15, -0.1) is 0 Å². The van der Waals surface area contributed by atoms with Crippen molar-refractivity contribution in [2.75, 3.05) is 18.0 Å². The topological polar surface area (TPSA) is 15.3 Å². The van der Waals surface area contributed by atoms with Crippen LogP contribution in [-0.4, -0.2) is 19.1 Å². The summed E-state index contributed by atoms with van der Waals surface area (Å²) in [5.41, 5.74) is 2.57. The van der Waals surface area contributed by atoms with Crippen molar-refractivity contribution in [2.24, 2.45) is 5.92 Å². The van der Waals surface area contributed by atoms with Crippen LogP contribution in [-0.2, 0) is 6.54 Å². The first-order valence-electron chi connectivity index (χ1n) is 7.40. The average molecular weight is 281 g/mol. The fourth-order valence-corrected chi connectivity index (χ4v) is 3.26. The second-order valence-corrected chi connectivity index (χ2v) is 6.07. The highest BCUT2D eigenvalue weighted by atomic mass is 35.5. The van der Waals surface area contributed by atoms with E-state index in [1.807, 2.05) is 6.07 Å². The lowest BCUT2D eigenvalue weighted by molar-refractivity contribution is 0.491. The Hall–Kier alpha value is -0.730. The summed E-state index contributed by atoms with van der Waals surface area (Å²) >= 11 is 6.40. The van der Waals surface area contributed by atoms with Crippen LogP contribution in [0.3, 0.4) is 0 Å². The van der Waals surface area contributed by atoms with Crippen LogP contribution in [0.5, 0.6) is 0 Å². The summed E-state index contributed by atoms with van der Waals surface area (Å²) in [5.74, 6) is 0.688. The van der Waals surface area contributed by atoms with Crippen LogP contribution >= 0.6 is 11.6 Å². The largest absolute Gasteiger partial charge is 0.368 e. The second-order valence-electron chi connectivity index (χ2n) is 5.66. The van der Waals surface area contributed by atoms with Crippen LogP contribution in [0.2, 0.25) is 5.02 Å². The molecule has 1 aliphatic rings. The molecule has 19 heavy (non-hydrogen) atoms. The van der Waals surface area contributed by atoms with Gasteiger partial charge in [0.25, 0.3) is 0 Å². The van der Waals surface area contributed by atoms with E-state index in [1.54, 1.807) is 0 Å². The number of nitrogens with zero attached hydrogens (tertiary/aromatic N) is 1. The number of hydrogen-bond donors (Lipinski definition) is 1. The van der Waals surface area contributed by atoms with Gasteiger partial charge in [0, 0.05) is 35.4 Å². The van der Waals surface area contributed by atoms with E-state index in [1.165, 1.54) is 24.1 Å². The van der Waals surface area contributed by atoms with Gasteiger partial charge < -0.3 is 10.2 Å². The second kappa shape index (κ2) is 6.62. The van der Waals surface area contributed by atoms with Crippen LogP contribution in [0.25, 0.3) is 0 Å². The van der Waals surface area contributed by atoms with Gasteiger partial charge in [0.1, 0.15) is 0 Å². The first-order chi connectivity index (χ1) is 9.15. The van der Waals surface area contributed by atoms with E-state index in [0.717, 1.165) is 24.7 Å². The van der Waals surface area contributed by atoms with E-state index in [0.29, 0.717) is 12.0 Å². The van der Waals surface area contributed by atoms with E-state index in [-0.39, 0.29) is 0 Å². The van der Waals surface area contributed by atoms with E-state index in [9.17, 15) is 0 Å². The Kier molecular flexibility index (Phi) is 5.12. The van der Waals surface area contributed by atoms with Gasteiger partial charge in [-0.25, -0.2) is 0 Å². The molecule has 1 aliphatic heterocycles. The Morgan fingerprint density at radius 1 is 1.42 bits per heavy atom. The van der Waals surface area contributed by atoms with Crippen molar-refractivity contribution in [2.45, 2.75) is 46.2 Å². The maximum atomic E-state index is 6.40. The third-order valence-electron chi connectivity index (χ3n) is 4.02. The number of nitrogens with one attached hydrogen (secondary N) is 1. The third-order valence-corrected chi connectivity index (χ3v) is 4.38. The Balaban J connectivity index is 2.30. The van der Waals surface area contributed by atoms with Crippen LogP contribution in [0.15, 0.2) is 18.2 Å². The number of halogens is 1. The Labute approximate surface area is 122 Å². The molecule has 106 valence electrons. The van der Waals surface area contributed by atoms with Crippen molar-refractivity contribution in [3.63, 3.8) is 0 Å². The van der Waals surface area contributed by atoms with Gasteiger partial charge in [-0.1, -0.05) is 38.4 Å². The monoisotopic (exact) mass is 280 g/mol. The Morgan fingerprint density at radius 2 is 2.21 bits per heavy atom. The van der Waals surface area contributed by atoms with Crippen LogP contribution in [0.1, 0.15) is 39.2 Å². The molecular weight excluding hydrogens is 256 g/mol. The van der Waals surface area contributed by atoms with Crippen molar-refractivity contribution < 1.29 is 0 Å². The maximum Gasteiger partial charge on any atom is 0.0471 e. The minimum absolute atomic E-state index is 0.652. The number of rotatable bonds is 5. The van der Waals surface area contributed by atoms with Crippen LogP contribution < -0.4 is 10.2 Å². The van der Waals surface area contributed by atoms with Crippen molar-refractivity contribution >= 4 is 17.3 Å². The maximum absolute atomic E-state index is 6.40. The molecule has 1 fully saturated rings. The standard InChI is InChI=1S/C16H25ClN2/c1-4-18-11-13-14(17)7-5-8-16(13)19-10-6-9-15(19)12(2)3/h5,7-8,12,15,18H,4,6,9-11H2,1-3H3. The molecule has 0 radical (unpaired) electrons. The smallest absolute Gasteiger partial charge is 0.0471 e.